The highest BCUT2D eigenvalue weighted by molar-refractivity contribution is 7.54. The van der Waals surface area contributed by atoms with Crippen molar-refractivity contribution in [1.29, 1.82) is 0 Å². The Morgan fingerprint density at radius 1 is 1.38 bits per heavy atom. The quantitative estimate of drug-likeness (QED) is 0.212. The van der Waals surface area contributed by atoms with Crippen LogP contribution in [0.25, 0.3) is 11.2 Å². The van der Waals surface area contributed by atoms with Crippen LogP contribution in [0.2, 0.25) is 0 Å². The zero-order chi connectivity index (χ0) is 30.2. The number of rotatable bonds is 10. The second-order valence-electron chi connectivity index (χ2n) is 9.15. The highest BCUT2D eigenvalue weighted by Gasteiger charge is 2.58. The van der Waals surface area contributed by atoms with Crippen molar-refractivity contribution in [3.63, 3.8) is 0 Å². The van der Waals surface area contributed by atoms with Crippen molar-refractivity contribution in [3.8, 4) is 18.1 Å². The van der Waals surface area contributed by atoms with E-state index >= 15 is 4.39 Å². The number of terminal acetylenes is 1. The van der Waals surface area contributed by atoms with Crippen LogP contribution in [0.1, 0.15) is 29.7 Å². The molecule has 0 bridgehead atoms. The Morgan fingerprint density at radius 3 is 2.77 bits per heavy atom. The Hall–Kier alpha value is -3.56. The molecule has 6 atom stereocenters. The molecule has 0 spiro atoms. The first-order chi connectivity index (χ1) is 19.2. The number of carbonyl (C=O) groups excluding carboxylic acids is 1. The van der Waals surface area contributed by atoms with Gasteiger partial charge in [0.05, 0.1) is 40.0 Å². The van der Waals surface area contributed by atoms with Crippen LogP contribution in [0, 0.1) is 18.3 Å². The fraction of sp³-hybridized carbons (Fsp3) is 0.440. The van der Waals surface area contributed by atoms with Gasteiger partial charge < -0.3 is 24.8 Å². The average Bonchev–Trinajstić information content (AvgIpc) is 3.41. The maximum absolute atomic E-state index is 16.2. The number of nitrogens with two attached hydrogens (primary N) is 1. The van der Waals surface area contributed by atoms with Crippen LogP contribution in [0.4, 0.5) is 10.3 Å². The molecule has 3 N–H and O–H groups in total. The maximum Gasteiger partial charge on any atom is 0.380 e. The number of fused-ring (bicyclic) bond motifs is 1. The molecule has 12 nitrogen and oxygen atoms in total. The summed E-state index contributed by atoms with van der Waals surface area (Å²) in [5, 5.41) is 10.9. The lowest BCUT2D eigenvalue weighted by atomic mass is 9.97. The molecule has 0 aliphatic carbocycles. The van der Waals surface area contributed by atoms with Crippen LogP contribution < -0.4 is 10.3 Å². The highest BCUT2D eigenvalue weighted by Crippen LogP contribution is 2.51. The Kier molecular flexibility index (Phi) is 7.43. The SMILES string of the molecule is [2H]C([2H])(O[P@@](=O)(C[C@@H](C)C(=O)OC(C)C)Oc1ccccc1)[C@H]1O[C@@H](n2cnc3cnc(N)nc32)C(F)(C#C)[C@H]1O. The lowest BCUT2D eigenvalue weighted by molar-refractivity contribution is -0.151. The summed E-state index contributed by atoms with van der Waals surface area (Å²) >= 11 is 0. The van der Waals surface area contributed by atoms with Gasteiger partial charge in [0.2, 0.25) is 11.6 Å². The normalized spacial score (nSPS) is 26.3. The van der Waals surface area contributed by atoms with E-state index < -0.39 is 62.4 Å². The molecule has 39 heavy (non-hydrogen) atoms. The van der Waals surface area contributed by atoms with E-state index in [9.17, 15) is 14.5 Å². The van der Waals surface area contributed by atoms with Gasteiger partial charge in [-0.05, 0) is 26.0 Å². The number of aliphatic hydroxyl groups is 1. The van der Waals surface area contributed by atoms with Crippen molar-refractivity contribution >= 4 is 30.7 Å². The van der Waals surface area contributed by atoms with E-state index in [1.807, 2.05) is 5.92 Å². The third-order valence-electron chi connectivity index (χ3n) is 5.71. The van der Waals surface area contributed by atoms with Crippen molar-refractivity contribution in [2.75, 3.05) is 18.5 Å². The molecule has 0 saturated carbocycles. The number of nitrogens with zero attached hydrogens (tertiary/aromatic N) is 4. The summed E-state index contributed by atoms with van der Waals surface area (Å²) in [7, 11) is -4.57. The molecule has 3 heterocycles. The number of nitrogen functional groups attached to an aromatic ring is 1. The van der Waals surface area contributed by atoms with Gasteiger partial charge >= 0.3 is 13.6 Å². The fourth-order valence-corrected chi connectivity index (χ4v) is 5.55. The predicted octanol–water partition coefficient (Wildman–Crippen LogP) is 2.88. The van der Waals surface area contributed by atoms with E-state index in [0.717, 1.165) is 10.9 Å². The van der Waals surface area contributed by atoms with Gasteiger partial charge in [-0.15, -0.1) is 6.42 Å². The number of anilines is 1. The summed E-state index contributed by atoms with van der Waals surface area (Å²) in [6.45, 7) is 1.50. The van der Waals surface area contributed by atoms with Gasteiger partial charge in [-0.2, -0.15) is 4.98 Å². The third kappa shape index (κ3) is 6.04. The lowest BCUT2D eigenvalue weighted by Gasteiger charge is -2.24. The smallest absolute Gasteiger partial charge is 0.380 e. The van der Waals surface area contributed by atoms with E-state index in [2.05, 4.69) is 15.0 Å². The van der Waals surface area contributed by atoms with Crippen molar-refractivity contribution in [1.82, 2.24) is 19.5 Å². The summed E-state index contributed by atoms with van der Waals surface area (Å²) in [6, 6.07) is 7.72. The topological polar surface area (TPSA) is 161 Å². The second-order valence-corrected chi connectivity index (χ2v) is 11.1. The van der Waals surface area contributed by atoms with Crippen LogP contribution in [-0.4, -0.2) is 67.3 Å². The molecule has 4 rings (SSSR count). The van der Waals surface area contributed by atoms with Crippen LogP contribution in [0.15, 0.2) is 42.9 Å². The second kappa shape index (κ2) is 11.3. The zero-order valence-electron chi connectivity index (χ0n) is 23.3. The van der Waals surface area contributed by atoms with E-state index in [1.54, 1.807) is 32.0 Å². The minimum atomic E-state index is -4.57. The third-order valence-corrected chi connectivity index (χ3v) is 7.58. The minimum Gasteiger partial charge on any atom is -0.463 e. The molecule has 1 fully saturated rings. The number of aromatic nitrogens is 4. The minimum absolute atomic E-state index is 0.00433. The molecule has 0 radical (unpaired) electrons. The summed E-state index contributed by atoms with van der Waals surface area (Å²) in [6.07, 6.45) is 0.468. The average molecular weight is 564 g/mol. The van der Waals surface area contributed by atoms with Gasteiger partial charge in [-0.25, -0.2) is 18.9 Å². The maximum atomic E-state index is 16.2. The molecule has 2 aromatic heterocycles. The first-order valence-corrected chi connectivity index (χ1v) is 13.6. The standard InChI is InChI=1S/C25H29FN5O7P/c1-5-25(26)20(32)19(37-23(25)31-14-29-18-11-28-24(27)30-21(18)31)12-35-39(34,38-17-9-7-6-8-10-17)13-16(4)22(33)36-15(2)3/h1,6-11,14-16,19-20,23,32H,12-13H2,2-4H3,(H2,27,28,30)/t16-,19-,20+,23-,25?,39+/m1/s1/i12D2. The predicted molar refractivity (Wildman–Crippen MR) is 138 cm³/mol. The highest BCUT2D eigenvalue weighted by atomic mass is 31.2. The molecule has 3 aromatic rings. The van der Waals surface area contributed by atoms with Gasteiger partial charge in [-0.1, -0.05) is 31.0 Å². The van der Waals surface area contributed by atoms with Crippen LogP contribution in [0.5, 0.6) is 5.75 Å². The molecule has 1 aromatic carbocycles. The van der Waals surface area contributed by atoms with Gasteiger partial charge in [-0.3, -0.25) is 13.9 Å². The van der Waals surface area contributed by atoms with Crippen molar-refractivity contribution in [3.05, 3.63) is 42.9 Å². The summed E-state index contributed by atoms with van der Waals surface area (Å²) < 4.78 is 70.1. The number of aliphatic hydroxyl groups excluding tert-OH is 1. The fourth-order valence-electron chi connectivity index (χ4n) is 3.83. The summed E-state index contributed by atoms with van der Waals surface area (Å²) in [5.74, 6) is -0.0646. The van der Waals surface area contributed by atoms with Gasteiger partial charge in [0, 0.05) is 0 Å². The van der Waals surface area contributed by atoms with E-state index in [-0.39, 0.29) is 22.9 Å². The molecule has 208 valence electrons. The van der Waals surface area contributed by atoms with Crippen molar-refractivity contribution < 1.29 is 40.1 Å². The van der Waals surface area contributed by atoms with Gasteiger partial charge in [0.25, 0.3) is 0 Å². The molecule has 14 heteroatoms. The number of alkyl halides is 1. The molecule has 1 aliphatic heterocycles. The van der Waals surface area contributed by atoms with Crippen LogP contribution in [0.3, 0.4) is 0 Å². The number of esters is 1. The molecular formula is C25H29FN5O7P. The number of hydrogen-bond donors (Lipinski definition) is 2. The largest absolute Gasteiger partial charge is 0.463 e. The Labute approximate surface area is 227 Å². The number of benzene rings is 1. The number of ether oxygens (including phenoxy) is 2. The van der Waals surface area contributed by atoms with Gasteiger partial charge in [0.15, 0.2) is 11.9 Å². The Bertz CT molecular complexity index is 1500. The van der Waals surface area contributed by atoms with E-state index in [4.69, 9.17) is 33.4 Å². The molecular weight excluding hydrogens is 532 g/mol. The summed E-state index contributed by atoms with van der Waals surface area (Å²) in [4.78, 5) is 24.3. The first-order valence-electron chi connectivity index (χ1n) is 12.9. The lowest BCUT2D eigenvalue weighted by Crippen LogP contribution is -2.42. The number of carbonyl (C=O) groups is 1. The first kappa shape index (κ1) is 25.7. The number of imidazole rings is 1. The molecule has 1 saturated heterocycles. The zero-order valence-corrected chi connectivity index (χ0v) is 22.2. The number of para-hydroxylation sites is 1. The van der Waals surface area contributed by atoms with Crippen molar-refractivity contribution in [2.24, 2.45) is 5.92 Å². The van der Waals surface area contributed by atoms with Crippen LogP contribution in [-0.2, 0) is 23.4 Å². The van der Waals surface area contributed by atoms with Gasteiger partial charge in [0.1, 0.15) is 23.5 Å². The monoisotopic (exact) mass is 563 g/mol. The Morgan fingerprint density at radius 2 is 2.10 bits per heavy atom. The molecule has 1 unspecified atom stereocenters. The Balaban J connectivity index is 1.67. The van der Waals surface area contributed by atoms with Crippen molar-refractivity contribution in [2.45, 2.75) is 51.0 Å². The molecule has 0 amide bonds. The number of hydrogen-bond acceptors (Lipinski definition) is 11. The summed E-state index contributed by atoms with van der Waals surface area (Å²) in [5.41, 5.74) is 2.83. The van der Waals surface area contributed by atoms with Crippen LogP contribution >= 0.6 is 7.60 Å². The number of halogens is 1. The molecule has 1 aliphatic rings. The van der Waals surface area contributed by atoms with E-state index in [0.29, 0.717) is 0 Å². The van der Waals surface area contributed by atoms with E-state index in [1.165, 1.54) is 25.3 Å².